The second kappa shape index (κ2) is 5.75. The molecule has 5 heteroatoms. The lowest BCUT2D eigenvalue weighted by Gasteiger charge is -2.17. The number of rotatable bonds is 5. The van der Waals surface area contributed by atoms with Gasteiger partial charge in [0.05, 0.1) is 13.2 Å². The zero-order chi connectivity index (χ0) is 12.1. The van der Waals surface area contributed by atoms with Gasteiger partial charge in [-0.3, -0.25) is 4.98 Å². The maximum absolute atomic E-state index is 5.26. The van der Waals surface area contributed by atoms with Gasteiger partial charge in [-0.15, -0.1) is 11.3 Å². The van der Waals surface area contributed by atoms with Gasteiger partial charge in [-0.2, -0.15) is 0 Å². The average Bonchev–Trinajstić information content (AvgIpc) is 2.89. The van der Waals surface area contributed by atoms with Crippen molar-refractivity contribution in [2.24, 2.45) is 0 Å². The Morgan fingerprint density at radius 3 is 2.88 bits per heavy atom. The molecule has 1 N–H and O–H groups in total. The van der Waals surface area contributed by atoms with Gasteiger partial charge in [-0.1, -0.05) is 13.0 Å². The van der Waals surface area contributed by atoms with E-state index in [0.717, 1.165) is 12.2 Å². The summed E-state index contributed by atoms with van der Waals surface area (Å²) in [6.45, 7) is 2.94. The number of methoxy groups -OCH3 is 1. The predicted molar refractivity (Wildman–Crippen MR) is 68.4 cm³/mol. The first kappa shape index (κ1) is 12.0. The highest BCUT2D eigenvalue weighted by atomic mass is 32.1. The first-order valence-electron chi connectivity index (χ1n) is 5.48. The molecular formula is C12H15N3OS. The van der Waals surface area contributed by atoms with Gasteiger partial charge in [0.1, 0.15) is 5.69 Å². The van der Waals surface area contributed by atoms with Gasteiger partial charge < -0.3 is 10.1 Å². The third-order valence-electron chi connectivity index (χ3n) is 2.39. The molecule has 17 heavy (non-hydrogen) atoms. The van der Waals surface area contributed by atoms with Gasteiger partial charge in [-0.05, 0) is 18.0 Å². The fourth-order valence-corrected chi connectivity index (χ4v) is 2.49. The molecule has 0 radical (unpaired) electrons. The van der Waals surface area contributed by atoms with Crippen LogP contribution in [0.4, 0.5) is 0 Å². The number of hydrogen-bond donors (Lipinski definition) is 1. The molecule has 0 aliphatic carbocycles. The van der Waals surface area contributed by atoms with Crippen LogP contribution in [0.3, 0.4) is 0 Å². The molecule has 0 saturated heterocycles. The molecule has 0 aliphatic heterocycles. The van der Waals surface area contributed by atoms with E-state index in [0.29, 0.717) is 5.88 Å². The summed E-state index contributed by atoms with van der Waals surface area (Å²) in [4.78, 5) is 9.78. The van der Waals surface area contributed by atoms with E-state index in [-0.39, 0.29) is 6.04 Å². The standard InChI is InChI=1S/C12H15N3OS/c1-3-13-10(9-5-4-8-17-9)11-12(16-2)15-7-6-14-11/h4-8,10,13H,3H2,1-2H3. The van der Waals surface area contributed by atoms with E-state index in [1.165, 1.54) is 4.88 Å². The quantitative estimate of drug-likeness (QED) is 0.883. The molecule has 2 aromatic rings. The van der Waals surface area contributed by atoms with Crippen molar-refractivity contribution in [1.82, 2.24) is 15.3 Å². The first-order chi connectivity index (χ1) is 8.36. The highest BCUT2D eigenvalue weighted by Gasteiger charge is 2.20. The molecule has 2 heterocycles. The molecule has 90 valence electrons. The Morgan fingerprint density at radius 2 is 2.24 bits per heavy atom. The Labute approximate surface area is 105 Å². The topological polar surface area (TPSA) is 47.0 Å². The summed E-state index contributed by atoms with van der Waals surface area (Å²) < 4.78 is 5.26. The van der Waals surface area contributed by atoms with Crippen molar-refractivity contribution in [3.05, 3.63) is 40.5 Å². The van der Waals surface area contributed by atoms with Crippen molar-refractivity contribution in [1.29, 1.82) is 0 Å². The van der Waals surface area contributed by atoms with Crippen molar-refractivity contribution >= 4 is 11.3 Å². The van der Waals surface area contributed by atoms with E-state index in [4.69, 9.17) is 4.74 Å². The van der Waals surface area contributed by atoms with E-state index < -0.39 is 0 Å². The average molecular weight is 249 g/mol. The summed E-state index contributed by atoms with van der Waals surface area (Å²) >= 11 is 1.70. The van der Waals surface area contributed by atoms with Gasteiger partial charge in [0.25, 0.3) is 0 Å². The summed E-state index contributed by atoms with van der Waals surface area (Å²) in [6, 6.07) is 4.17. The molecule has 0 fully saturated rings. The van der Waals surface area contributed by atoms with Crippen molar-refractivity contribution in [3.63, 3.8) is 0 Å². The molecule has 0 amide bonds. The van der Waals surface area contributed by atoms with Crippen LogP contribution in [0.25, 0.3) is 0 Å². The normalized spacial score (nSPS) is 12.4. The molecule has 1 unspecified atom stereocenters. The molecule has 2 rings (SSSR count). The van der Waals surface area contributed by atoms with Crippen LogP contribution in [0.5, 0.6) is 5.88 Å². The number of hydrogen-bond acceptors (Lipinski definition) is 5. The Balaban J connectivity index is 2.39. The van der Waals surface area contributed by atoms with E-state index in [2.05, 4.69) is 33.7 Å². The van der Waals surface area contributed by atoms with Gasteiger partial charge in [0.2, 0.25) is 5.88 Å². The molecule has 0 aliphatic rings. The van der Waals surface area contributed by atoms with Crippen LogP contribution in [-0.2, 0) is 0 Å². The summed E-state index contributed by atoms with van der Waals surface area (Å²) in [5, 5.41) is 5.46. The van der Waals surface area contributed by atoms with Crippen LogP contribution < -0.4 is 10.1 Å². The molecule has 0 aromatic carbocycles. The Hall–Kier alpha value is -1.46. The molecular weight excluding hydrogens is 234 g/mol. The maximum Gasteiger partial charge on any atom is 0.237 e. The van der Waals surface area contributed by atoms with E-state index >= 15 is 0 Å². The van der Waals surface area contributed by atoms with Crippen LogP contribution in [0.15, 0.2) is 29.9 Å². The zero-order valence-corrected chi connectivity index (χ0v) is 10.7. The molecule has 2 aromatic heterocycles. The van der Waals surface area contributed by atoms with Gasteiger partial charge in [0, 0.05) is 17.3 Å². The number of aromatic nitrogens is 2. The minimum atomic E-state index is 0.0450. The van der Waals surface area contributed by atoms with Crippen LogP contribution in [0, 0.1) is 0 Å². The predicted octanol–water partition coefficient (Wildman–Crippen LogP) is 2.25. The van der Waals surface area contributed by atoms with Gasteiger partial charge >= 0.3 is 0 Å². The largest absolute Gasteiger partial charge is 0.480 e. The molecule has 0 bridgehead atoms. The fraction of sp³-hybridized carbons (Fsp3) is 0.333. The number of thiophene rings is 1. The third-order valence-corrected chi connectivity index (χ3v) is 3.33. The van der Waals surface area contributed by atoms with Crippen LogP contribution >= 0.6 is 11.3 Å². The van der Waals surface area contributed by atoms with E-state index in [1.54, 1.807) is 30.8 Å². The monoisotopic (exact) mass is 249 g/mol. The lowest BCUT2D eigenvalue weighted by molar-refractivity contribution is 0.383. The van der Waals surface area contributed by atoms with Crippen LogP contribution in [0.2, 0.25) is 0 Å². The smallest absolute Gasteiger partial charge is 0.237 e. The maximum atomic E-state index is 5.26. The SMILES string of the molecule is CCNC(c1cccs1)c1nccnc1OC. The Bertz CT molecular complexity index is 459. The highest BCUT2D eigenvalue weighted by Crippen LogP contribution is 2.28. The highest BCUT2D eigenvalue weighted by molar-refractivity contribution is 7.10. The molecule has 0 spiro atoms. The Kier molecular flexibility index (Phi) is 4.06. The second-order valence-corrected chi connectivity index (χ2v) is 4.44. The van der Waals surface area contributed by atoms with Crippen molar-refractivity contribution < 1.29 is 4.74 Å². The van der Waals surface area contributed by atoms with Crippen LogP contribution in [-0.4, -0.2) is 23.6 Å². The minimum Gasteiger partial charge on any atom is -0.480 e. The molecule has 4 nitrogen and oxygen atoms in total. The lowest BCUT2D eigenvalue weighted by Crippen LogP contribution is -2.23. The minimum absolute atomic E-state index is 0.0450. The summed E-state index contributed by atoms with van der Waals surface area (Å²) in [5.41, 5.74) is 0.833. The second-order valence-electron chi connectivity index (χ2n) is 3.46. The van der Waals surface area contributed by atoms with Crippen molar-refractivity contribution in [2.75, 3.05) is 13.7 Å². The summed E-state index contributed by atoms with van der Waals surface area (Å²) in [7, 11) is 1.62. The zero-order valence-electron chi connectivity index (χ0n) is 9.88. The number of ether oxygens (including phenoxy) is 1. The molecule has 0 saturated carbocycles. The summed E-state index contributed by atoms with van der Waals surface area (Å²) in [6.07, 6.45) is 3.33. The van der Waals surface area contributed by atoms with Gasteiger partial charge in [0.15, 0.2) is 0 Å². The molecule has 1 atom stereocenters. The Morgan fingerprint density at radius 1 is 1.41 bits per heavy atom. The summed E-state index contributed by atoms with van der Waals surface area (Å²) in [5.74, 6) is 0.576. The fourth-order valence-electron chi connectivity index (χ4n) is 1.68. The van der Waals surface area contributed by atoms with Crippen molar-refractivity contribution in [2.45, 2.75) is 13.0 Å². The van der Waals surface area contributed by atoms with Gasteiger partial charge in [-0.25, -0.2) is 4.98 Å². The first-order valence-corrected chi connectivity index (χ1v) is 6.36. The lowest BCUT2D eigenvalue weighted by atomic mass is 10.1. The van der Waals surface area contributed by atoms with E-state index in [9.17, 15) is 0 Å². The van der Waals surface area contributed by atoms with E-state index in [1.807, 2.05) is 6.07 Å². The van der Waals surface area contributed by atoms with Crippen molar-refractivity contribution in [3.8, 4) is 5.88 Å². The number of nitrogens with zero attached hydrogens (tertiary/aromatic N) is 2. The number of nitrogens with one attached hydrogen (secondary N) is 1. The third kappa shape index (κ3) is 2.62. The van der Waals surface area contributed by atoms with Crippen LogP contribution in [0.1, 0.15) is 23.5 Å².